The van der Waals surface area contributed by atoms with Crippen LogP contribution in [-0.2, 0) is 9.53 Å². The van der Waals surface area contributed by atoms with Crippen molar-refractivity contribution in [3.05, 3.63) is 16.9 Å². The van der Waals surface area contributed by atoms with Crippen LogP contribution < -0.4 is 5.32 Å². The molecule has 0 radical (unpaired) electrons. The summed E-state index contributed by atoms with van der Waals surface area (Å²) in [5.41, 5.74) is 0.0171. The number of hydrogen-bond acceptors (Lipinski definition) is 5. The molecule has 0 aromatic carbocycles. The Labute approximate surface area is 121 Å². The van der Waals surface area contributed by atoms with Gasteiger partial charge in [-0.15, -0.1) is 11.6 Å². The lowest BCUT2D eigenvalue weighted by Crippen LogP contribution is -2.22. The zero-order chi connectivity index (χ0) is 15.4. The third kappa shape index (κ3) is 3.39. The van der Waals surface area contributed by atoms with Gasteiger partial charge in [-0.1, -0.05) is 0 Å². The molecule has 0 spiro atoms. The van der Waals surface area contributed by atoms with Crippen LogP contribution in [0.25, 0.3) is 0 Å². The van der Waals surface area contributed by atoms with Crippen molar-refractivity contribution in [2.45, 2.75) is 33.1 Å². The number of aryl methyl sites for hydroxylation is 1. The molecule has 0 aliphatic carbocycles. The van der Waals surface area contributed by atoms with Crippen LogP contribution in [0.2, 0.25) is 0 Å². The molecular formula is C13H16ClNO5. The minimum atomic E-state index is -0.809. The van der Waals surface area contributed by atoms with Gasteiger partial charge in [0, 0.05) is 0 Å². The standard InChI is InChI=1S/C13H16ClNO5/c1-5-19-13(18)10-9(7(3)16)8(4)20-12(10)15-11(17)6(2)14/h6H,5H2,1-4H3,(H,15,17). The van der Waals surface area contributed by atoms with E-state index in [2.05, 4.69) is 5.32 Å². The number of carbonyl (C=O) groups is 3. The number of nitrogens with one attached hydrogen (secondary N) is 1. The van der Waals surface area contributed by atoms with Crippen molar-refractivity contribution < 1.29 is 23.5 Å². The molecule has 0 aliphatic heterocycles. The molecule has 1 N–H and O–H groups in total. The molecule has 110 valence electrons. The van der Waals surface area contributed by atoms with Crippen molar-refractivity contribution in [3.63, 3.8) is 0 Å². The molecule has 1 aromatic rings. The maximum atomic E-state index is 11.9. The minimum absolute atomic E-state index is 0.0810. The normalized spacial score (nSPS) is 11.8. The second-order valence-corrected chi connectivity index (χ2v) is 4.77. The summed E-state index contributed by atoms with van der Waals surface area (Å²) in [6.07, 6.45) is 0. The van der Waals surface area contributed by atoms with Gasteiger partial charge in [-0.05, 0) is 27.7 Å². The van der Waals surface area contributed by atoms with Crippen LogP contribution >= 0.6 is 11.6 Å². The third-order valence-corrected chi connectivity index (χ3v) is 2.71. The Kier molecular flexibility index (Phi) is 5.33. The van der Waals surface area contributed by atoms with Crippen LogP contribution in [0.5, 0.6) is 0 Å². The summed E-state index contributed by atoms with van der Waals surface area (Å²) < 4.78 is 10.2. The zero-order valence-corrected chi connectivity index (χ0v) is 12.5. The Morgan fingerprint density at radius 2 is 1.95 bits per heavy atom. The van der Waals surface area contributed by atoms with Crippen molar-refractivity contribution in [1.29, 1.82) is 0 Å². The second kappa shape index (κ2) is 6.56. The van der Waals surface area contributed by atoms with Gasteiger partial charge in [0.2, 0.25) is 11.8 Å². The molecule has 1 aromatic heterocycles. The number of esters is 1. The quantitative estimate of drug-likeness (QED) is 0.513. The molecule has 1 heterocycles. The summed E-state index contributed by atoms with van der Waals surface area (Å²) in [6.45, 7) is 6.08. The van der Waals surface area contributed by atoms with E-state index < -0.39 is 17.3 Å². The molecule has 0 bridgehead atoms. The predicted molar refractivity (Wildman–Crippen MR) is 73.4 cm³/mol. The number of furan rings is 1. The average molecular weight is 302 g/mol. The van der Waals surface area contributed by atoms with E-state index in [0.29, 0.717) is 0 Å². The fourth-order valence-corrected chi connectivity index (χ4v) is 1.72. The van der Waals surface area contributed by atoms with Gasteiger partial charge < -0.3 is 9.15 Å². The topological polar surface area (TPSA) is 85.6 Å². The molecule has 1 amide bonds. The first-order valence-corrected chi connectivity index (χ1v) is 6.49. The van der Waals surface area contributed by atoms with Crippen LogP contribution in [-0.4, -0.2) is 29.6 Å². The molecule has 20 heavy (non-hydrogen) atoms. The Morgan fingerprint density at radius 3 is 2.40 bits per heavy atom. The number of alkyl halides is 1. The number of ether oxygens (including phenoxy) is 1. The monoisotopic (exact) mass is 301 g/mol. The summed E-state index contributed by atoms with van der Waals surface area (Å²) in [6, 6.07) is 0. The van der Waals surface area contributed by atoms with E-state index in [1.165, 1.54) is 20.8 Å². The van der Waals surface area contributed by atoms with E-state index in [1.807, 2.05) is 0 Å². The summed E-state index contributed by atoms with van der Waals surface area (Å²) in [4.78, 5) is 35.2. The highest BCUT2D eigenvalue weighted by Gasteiger charge is 2.29. The number of Topliss-reactive ketones (excluding diaryl/α,β-unsaturated/α-hetero) is 1. The number of ketones is 1. The number of halogens is 1. The summed E-state index contributed by atoms with van der Waals surface area (Å²) >= 11 is 5.64. The molecule has 0 saturated heterocycles. The Balaban J connectivity index is 3.30. The van der Waals surface area contributed by atoms with E-state index in [4.69, 9.17) is 20.8 Å². The molecule has 0 fully saturated rings. The van der Waals surface area contributed by atoms with Crippen molar-refractivity contribution in [3.8, 4) is 0 Å². The van der Waals surface area contributed by atoms with Crippen molar-refractivity contribution in [2.24, 2.45) is 0 Å². The van der Waals surface area contributed by atoms with Crippen LogP contribution in [0.4, 0.5) is 5.88 Å². The van der Waals surface area contributed by atoms with Gasteiger partial charge in [-0.2, -0.15) is 0 Å². The lowest BCUT2D eigenvalue weighted by Gasteiger charge is -2.06. The SMILES string of the molecule is CCOC(=O)c1c(NC(=O)C(C)Cl)oc(C)c1C(C)=O. The highest BCUT2D eigenvalue weighted by Crippen LogP contribution is 2.28. The summed E-state index contributed by atoms with van der Waals surface area (Å²) in [7, 11) is 0. The first kappa shape index (κ1) is 16.2. The largest absolute Gasteiger partial charge is 0.462 e. The van der Waals surface area contributed by atoms with Gasteiger partial charge in [0.15, 0.2) is 5.78 Å². The molecule has 6 nitrogen and oxygen atoms in total. The van der Waals surface area contributed by atoms with Crippen LogP contribution in [0, 0.1) is 6.92 Å². The van der Waals surface area contributed by atoms with Crippen LogP contribution in [0.3, 0.4) is 0 Å². The molecule has 1 unspecified atom stereocenters. The Morgan fingerprint density at radius 1 is 1.35 bits per heavy atom. The fourth-order valence-electron chi connectivity index (χ4n) is 1.67. The number of hydrogen-bond donors (Lipinski definition) is 1. The first-order valence-electron chi connectivity index (χ1n) is 6.05. The van der Waals surface area contributed by atoms with Crippen molar-refractivity contribution in [1.82, 2.24) is 0 Å². The minimum Gasteiger partial charge on any atom is -0.462 e. The van der Waals surface area contributed by atoms with Gasteiger partial charge in [0.1, 0.15) is 16.7 Å². The predicted octanol–water partition coefficient (Wildman–Crippen LogP) is 2.53. The maximum Gasteiger partial charge on any atom is 0.344 e. The first-order chi connectivity index (χ1) is 9.29. The molecule has 1 rings (SSSR count). The van der Waals surface area contributed by atoms with E-state index >= 15 is 0 Å². The zero-order valence-electron chi connectivity index (χ0n) is 11.7. The lowest BCUT2D eigenvalue weighted by molar-refractivity contribution is -0.115. The highest BCUT2D eigenvalue weighted by molar-refractivity contribution is 6.32. The molecular weight excluding hydrogens is 286 g/mol. The number of anilines is 1. The van der Waals surface area contributed by atoms with Gasteiger partial charge in [-0.25, -0.2) is 4.79 Å². The number of carbonyl (C=O) groups excluding carboxylic acids is 3. The maximum absolute atomic E-state index is 11.9. The third-order valence-electron chi connectivity index (χ3n) is 2.51. The van der Waals surface area contributed by atoms with E-state index in [9.17, 15) is 14.4 Å². The molecule has 0 saturated carbocycles. The molecule has 7 heteroatoms. The van der Waals surface area contributed by atoms with Gasteiger partial charge in [0.05, 0.1) is 12.2 Å². The average Bonchev–Trinajstić information content (AvgIpc) is 2.65. The van der Waals surface area contributed by atoms with E-state index in [-0.39, 0.29) is 35.2 Å². The van der Waals surface area contributed by atoms with Gasteiger partial charge in [-0.3, -0.25) is 14.9 Å². The molecule has 1 atom stereocenters. The Bertz CT molecular complexity index is 547. The van der Waals surface area contributed by atoms with Crippen LogP contribution in [0.15, 0.2) is 4.42 Å². The number of rotatable bonds is 5. The lowest BCUT2D eigenvalue weighted by atomic mass is 10.1. The Hall–Kier alpha value is -1.82. The smallest absolute Gasteiger partial charge is 0.344 e. The van der Waals surface area contributed by atoms with Crippen LogP contribution in [0.1, 0.15) is 47.2 Å². The van der Waals surface area contributed by atoms with Gasteiger partial charge in [0.25, 0.3) is 0 Å². The summed E-state index contributed by atoms with van der Waals surface area (Å²) in [5.74, 6) is -1.51. The van der Waals surface area contributed by atoms with E-state index in [1.54, 1.807) is 6.92 Å². The van der Waals surface area contributed by atoms with Crippen molar-refractivity contribution >= 4 is 35.1 Å². The highest BCUT2D eigenvalue weighted by atomic mass is 35.5. The van der Waals surface area contributed by atoms with E-state index in [0.717, 1.165) is 0 Å². The van der Waals surface area contributed by atoms with Crippen molar-refractivity contribution in [2.75, 3.05) is 11.9 Å². The summed E-state index contributed by atoms with van der Waals surface area (Å²) in [5, 5.41) is 1.57. The number of amides is 1. The van der Waals surface area contributed by atoms with Gasteiger partial charge >= 0.3 is 5.97 Å². The molecule has 0 aliphatic rings. The fraction of sp³-hybridized carbons (Fsp3) is 0.462. The second-order valence-electron chi connectivity index (χ2n) is 4.12.